The Morgan fingerprint density at radius 1 is 1.24 bits per heavy atom. The second-order valence-electron chi connectivity index (χ2n) is 7.11. The van der Waals surface area contributed by atoms with Crippen LogP contribution in [0, 0.1) is 11.7 Å². The van der Waals surface area contributed by atoms with Gasteiger partial charge in [-0.3, -0.25) is 4.79 Å². The zero-order chi connectivity index (χ0) is 20.2. The van der Waals surface area contributed by atoms with E-state index in [1.54, 1.807) is 17.2 Å². The number of nitrogens with one attached hydrogen (secondary N) is 1. The number of imidazole rings is 1. The highest BCUT2D eigenvalue weighted by molar-refractivity contribution is 6.31. The maximum atomic E-state index is 13.4. The van der Waals surface area contributed by atoms with E-state index in [9.17, 15) is 9.18 Å². The van der Waals surface area contributed by atoms with E-state index in [0.29, 0.717) is 36.8 Å². The molecule has 1 aliphatic rings. The minimum Gasteiger partial charge on any atom is -0.381 e. The molecular formula is C22H21ClFN3O2. The summed E-state index contributed by atoms with van der Waals surface area (Å²) in [6.07, 6.45) is 2.44. The Kier molecular flexibility index (Phi) is 5.92. The molecule has 1 saturated heterocycles. The molecule has 0 aliphatic carbocycles. The second-order valence-corrected chi connectivity index (χ2v) is 7.52. The van der Waals surface area contributed by atoms with Crippen LogP contribution in [-0.2, 0) is 22.6 Å². The van der Waals surface area contributed by atoms with Gasteiger partial charge in [0.2, 0.25) is 5.91 Å². The van der Waals surface area contributed by atoms with Crippen molar-refractivity contribution < 1.29 is 13.9 Å². The van der Waals surface area contributed by atoms with Gasteiger partial charge in [-0.25, -0.2) is 9.37 Å². The molecule has 0 radical (unpaired) electrons. The molecular weight excluding hydrogens is 393 g/mol. The zero-order valence-electron chi connectivity index (χ0n) is 15.8. The summed E-state index contributed by atoms with van der Waals surface area (Å²) in [6, 6.07) is 14.0. The van der Waals surface area contributed by atoms with Crippen molar-refractivity contribution in [2.45, 2.75) is 19.5 Å². The second kappa shape index (κ2) is 8.76. The van der Waals surface area contributed by atoms with Crippen molar-refractivity contribution in [3.05, 3.63) is 76.8 Å². The van der Waals surface area contributed by atoms with Crippen molar-refractivity contribution in [2.75, 3.05) is 13.2 Å². The number of H-pyrrole nitrogens is 1. The number of carbonyl (C=O) groups excluding carboxylic acids is 1. The van der Waals surface area contributed by atoms with E-state index in [4.69, 9.17) is 16.3 Å². The van der Waals surface area contributed by atoms with E-state index >= 15 is 0 Å². The van der Waals surface area contributed by atoms with E-state index in [2.05, 4.69) is 9.97 Å². The number of aromatic nitrogens is 2. The number of benzene rings is 2. The van der Waals surface area contributed by atoms with Crippen LogP contribution in [0.2, 0.25) is 5.02 Å². The number of halogens is 2. The maximum absolute atomic E-state index is 13.4. The fourth-order valence-corrected chi connectivity index (χ4v) is 3.67. The van der Waals surface area contributed by atoms with Gasteiger partial charge in [0.25, 0.3) is 0 Å². The smallest absolute Gasteiger partial charge is 0.228 e. The number of hydrogen-bond donors (Lipinski definition) is 1. The minimum atomic E-state index is -0.401. The number of ether oxygens (including phenoxy) is 1. The topological polar surface area (TPSA) is 58.2 Å². The summed E-state index contributed by atoms with van der Waals surface area (Å²) >= 11 is 6.20. The fraction of sp³-hybridized carbons (Fsp3) is 0.273. The van der Waals surface area contributed by atoms with Gasteiger partial charge in [-0.1, -0.05) is 48.0 Å². The number of hydrogen-bond acceptors (Lipinski definition) is 3. The molecule has 1 aromatic heterocycles. The summed E-state index contributed by atoms with van der Waals surface area (Å²) < 4.78 is 18.8. The molecule has 0 saturated carbocycles. The van der Waals surface area contributed by atoms with Crippen LogP contribution in [0.15, 0.2) is 54.7 Å². The van der Waals surface area contributed by atoms with Gasteiger partial charge in [-0.2, -0.15) is 0 Å². The van der Waals surface area contributed by atoms with Gasteiger partial charge in [0.1, 0.15) is 11.6 Å². The molecule has 150 valence electrons. The Morgan fingerprint density at radius 3 is 2.79 bits per heavy atom. The lowest BCUT2D eigenvalue weighted by Crippen LogP contribution is -2.35. The van der Waals surface area contributed by atoms with Gasteiger partial charge in [-0.15, -0.1) is 0 Å². The van der Waals surface area contributed by atoms with E-state index in [0.717, 1.165) is 17.1 Å². The third kappa shape index (κ3) is 4.66. The van der Waals surface area contributed by atoms with Crippen molar-refractivity contribution in [1.82, 2.24) is 14.9 Å². The summed E-state index contributed by atoms with van der Waals surface area (Å²) in [5.41, 5.74) is 2.49. The first-order valence-electron chi connectivity index (χ1n) is 9.50. The summed E-state index contributed by atoms with van der Waals surface area (Å²) in [7, 11) is 0. The summed E-state index contributed by atoms with van der Waals surface area (Å²) in [4.78, 5) is 22.6. The van der Waals surface area contributed by atoms with Crippen LogP contribution in [-0.4, -0.2) is 34.0 Å². The molecule has 0 spiro atoms. The minimum absolute atomic E-state index is 0.00115. The van der Waals surface area contributed by atoms with Crippen molar-refractivity contribution in [3.63, 3.8) is 0 Å². The molecule has 1 amide bonds. The predicted octanol–water partition coefficient (Wildman–Crippen LogP) is 4.43. The fourth-order valence-electron chi connectivity index (χ4n) is 3.44. The predicted molar refractivity (Wildman–Crippen MR) is 109 cm³/mol. The molecule has 2 aromatic carbocycles. The Bertz CT molecular complexity index is 987. The van der Waals surface area contributed by atoms with E-state index in [-0.39, 0.29) is 18.4 Å². The molecule has 0 bridgehead atoms. The SMILES string of the molecule is O=C([C@@H]1CCOC1)N(Cc1cnc(-c2ccccc2)[nH]1)Cc1ccc(F)cc1Cl. The number of amides is 1. The van der Waals surface area contributed by atoms with Gasteiger partial charge in [0.05, 0.1) is 31.0 Å². The van der Waals surface area contributed by atoms with Crippen LogP contribution in [0.3, 0.4) is 0 Å². The van der Waals surface area contributed by atoms with E-state index in [1.807, 2.05) is 30.3 Å². The van der Waals surface area contributed by atoms with Crippen molar-refractivity contribution in [2.24, 2.45) is 5.92 Å². The average molecular weight is 414 g/mol. The number of aromatic amines is 1. The third-order valence-corrected chi connectivity index (χ3v) is 5.36. The molecule has 1 fully saturated rings. The lowest BCUT2D eigenvalue weighted by molar-refractivity contribution is -0.136. The molecule has 7 heteroatoms. The highest BCUT2D eigenvalue weighted by Gasteiger charge is 2.29. The van der Waals surface area contributed by atoms with Gasteiger partial charge >= 0.3 is 0 Å². The van der Waals surface area contributed by atoms with Crippen LogP contribution in [0.25, 0.3) is 11.4 Å². The average Bonchev–Trinajstić information content (AvgIpc) is 3.42. The molecule has 3 aromatic rings. The lowest BCUT2D eigenvalue weighted by Gasteiger charge is -2.25. The van der Waals surface area contributed by atoms with Crippen LogP contribution in [0.5, 0.6) is 0 Å². The zero-order valence-corrected chi connectivity index (χ0v) is 16.5. The highest BCUT2D eigenvalue weighted by Crippen LogP contribution is 2.24. The molecule has 1 aliphatic heterocycles. The molecule has 5 nitrogen and oxygen atoms in total. The highest BCUT2D eigenvalue weighted by atomic mass is 35.5. The molecule has 1 atom stereocenters. The van der Waals surface area contributed by atoms with Crippen LogP contribution < -0.4 is 0 Å². The summed E-state index contributed by atoms with van der Waals surface area (Å²) in [5.74, 6) is 0.170. The number of carbonyl (C=O) groups is 1. The van der Waals surface area contributed by atoms with E-state index < -0.39 is 5.82 Å². The van der Waals surface area contributed by atoms with Crippen molar-refractivity contribution in [1.29, 1.82) is 0 Å². The molecule has 0 unspecified atom stereocenters. The van der Waals surface area contributed by atoms with Crippen molar-refractivity contribution >= 4 is 17.5 Å². The number of nitrogens with zero attached hydrogens (tertiary/aromatic N) is 2. The summed E-state index contributed by atoms with van der Waals surface area (Å²) in [5, 5.41) is 0.306. The van der Waals surface area contributed by atoms with Crippen LogP contribution in [0.1, 0.15) is 17.7 Å². The first-order chi connectivity index (χ1) is 14.1. The first-order valence-corrected chi connectivity index (χ1v) is 9.87. The largest absolute Gasteiger partial charge is 0.381 e. The van der Waals surface area contributed by atoms with Gasteiger partial charge < -0.3 is 14.6 Å². The molecule has 2 heterocycles. The van der Waals surface area contributed by atoms with Crippen molar-refractivity contribution in [3.8, 4) is 11.4 Å². The molecule has 29 heavy (non-hydrogen) atoms. The number of rotatable bonds is 6. The van der Waals surface area contributed by atoms with Gasteiger partial charge in [-0.05, 0) is 24.1 Å². The quantitative estimate of drug-likeness (QED) is 0.650. The van der Waals surface area contributed by atoms with Gasteiger partial charge in [0, 0.05) is 23.7 Å². The third-order valence-electron chi connectivity index (χ3n) is 5.00. The van der Waals surface area contributed by atoms with Crippen LogP contribution in [0.4, 0.5) is 4.39 Å². The Labute approximate surface area is 173 Å². The normalized spacial score (nSPS) is 16.1. The van der Waals surface area contributed by atoms with Crippen LogP contribution >= 0.6 is 11.6 Å². The van der Waals surface area contributed by atoms with E-state index in [1.165, 1.54) is 12.1 Å². The monoisotopic (exact) mass is 413 g/mol. The Balaban J connectivity index is 1.56. The molecule has 1 N–H and O–H groups in total. The first kappa shape index (κ1) is 19.6. The summed E-state index contributed by atoms with van der Waals surface area (Å²) in [6.45, 7) is 1.64. The maximum Gasteiger partial charge on any atom is 0.228 e. The lowest BCUT2D eigenvalue weighted by atomic mass is 10.1. The Hall–Kier alpha value is -2.70. The standard InChI is InChI=1S/C22H21ClFN3O2/c23-20-10-18(24)7-6-16(20)12-27(22(28)17-8-9-29-14-17)13-19-11-25-21(26-19)15-4-2-1-3-5-15/h1-7,10-11,17H,8-9,12-14H2,(H,25,26)/t17-/m1/s1. The van der Waals surface area contributed by atoms with Gasteiger partial charge in [0.15, 0.2) is 0 Å². The molecule has 4 rings (SSSR count). The Morgan fingerprint density at radius 2 is 2.07 bits per heavy atom.